The highest BCUT2D eigenvalue weighted by atomic mass is 19.1. The molecule has 0 aliphatic rings. The van der Waals surface area contributed by atoms with Crippen LogP contribution in [-0.4, -0.2) is 17.3 Å². The lowest BCUT2D eigenvalue weighted by Crippen LogP contribution is -2.34. The molecule has 0 unspecified atom stereocenters. The molecule has 4 heteroatoms. The van der Waals surface area contributed by atoms with Gasteiger partial charge in [0.1, 0.15) is 18.2 Å². The topological polar surface area (TPSA) is 55.5 Å². The first-order valence-corrected chi connectivity index (χ1v) is 6.32. The fourth-order valence-electron chi connectivity index (χ4n) is 1.68. The average molecular weight is 255 g/mol. The van der Waals surface area contributed by atoms with Gasteiger partial charge in [-0.05, 0) is 25.8 Å². The SMILES string of the molecule is CCC(O)(CC)COc1cc(F)ccc1[C@@H](C)N. The molecule has 102 valence electrons. The number of aliphatic hydroxyl groups is 1. The summed E-state index contributed by atoms with van der Waals surface area (Å²) in [5, 5.41) is 10.1. The van der Waals surface area contributed by atoms with Crippen molar-refractivity contribution in [2.24, 2.45) is 5.73 Å². The summed E-state index contributed by atoms with van der Waals surface area (Å²) in [4.78, 5) is 0. The third kappa shape index (κ3) is 3.68. The molecule has 0 fully saturated rings. The van der Waals surface area contributed by atoms with Crippen LogP contribution >= 0.6 is 0 Å². The normalized spacial score (nSPS) is 13.4. The molecule has 0 radical (unpaired) electrons. The molecule has 0 spiro atoms. The second kappa shape index (κ2) is 6.16. The number of halogens is 1. The number of nitrogens with two attached hydrogens (primary N) is 1. The van der Waals surface area contributed by atoms with E-state index in [0.717, 1.165) is 5.56 Å². The van der Waals surface area contributed by atoms with Gasteiger partial charge in [0, 0.05) is 17.7 Å². The Labute approximate surface area is 108 Å². The molecule has 18 heavy (non-hydrogen) atoms. The minimum Gasteiger partial charge on any atom is -0.490 e. The van der Waals surface area contributed by atoms with E-state index in [0.29, 0.717) is 18.6 Å². The van der Waals surface area contributed by atoms with Gasteiger partial charge in [0.25, 0.3) is 0 Å². The van der Waals surface area contributed by atoms with Gasteiger partial charge in [-0.15, -0.1) is 0 Å². The van der Waals surface area contributed by atoms with Crippen molar-refractivity contribution < 1.29 is 14.2 Å². The highest BCUT2D eigenvalue weighted by Crippen LogP contribution is 2.26. The molecule has 1 aromatic rings. The number of hydrogen-bond donors (Lipinski definition) is 2. The average Bonchev–Trinajstić information content (AvgIpc) is 2.35. The summed E-state index contributed by atoms with van der Waals surface area (Å²) in [5.41, 5.74) is 5.67. The molecule has 0 saturated heterocycles. The van der Waals surface area contributed by atoms with Gasteiger partial charge >= 0.3 is 0 Å². The molecule has 0 amide bonds. The van der Waals surface area contributed by atoms with Gasteiger partial charge in [0.2, 0.25) is 0 Å². The van der Waals surface area contributed by atoms with Gasteiger partial charge in [-0.25, -0.2) is 4.39 Å². The molecule has 3 N–H and O–H groups in total. The van der Waals surface area contributed by atoms with E-state index in [2.05, 4.69) is 0 Å². The van der Waals surface area contributed by atoms with Crippen LogP contribution in [0.5, 0.6) is 5.75 Å². The Balaban J connectivity index is 2.86. The zero-order valence-electron chi connectivity index (χ0n) is 11.2. The van der Waals surface area contributed by atoms with E-state index in [-0.39, 0.29) is 18.5 Å². The summed E-state index contributed by atoms with van der Waals surface area (Å²) in [5.74, 6) is 0.0382. The summed E-state index contributed by atoms with van der Waals surface area (Å²) in [6.45, 7) is 5.74. The van der Waals surface area contributed by atoms with E-state index in [9.17, 15) is 9.50 Å². The maximum absolute atomic E-state index is 13.2. The second-order valence-corrected chi connectivity index (χ2v) is 4.69. The monoisotopic (exact) mass is 255 g/mol. The summed E-state index contributed by atoms with van der Waals surface area (Å²) < 4.78 is 18.8. The van der Waals surface area contributed by atoms with Crippen LogP contribution in [0.3, 0.4) is 0 Å². The van der Waals surface area contributed by atoms with Gasteiger partial charge in [0.15, 0.2) is 0 Å². The van der Waals surface area contributed by atoms with E-state index in [1.165, 1.54) is 12.1 Å². The highest BCUT2D eigenvalue weighted by molar-refractivity contribution is 5.36. The molecule has 0 saturated carbocycles. The van der Waals surface area contributed by atoms with Crippen LogP contribution in [0.4, 0.5) is 4.39 Å². The first-order valence-electron chi connectivity index (χ1n) is 6.32. The van der Waals surface area contributed by atoms with Crippen LogP contribution in [0.1, 0.15) is 45.2 Å². The number of benzene rings is 1. The Bertz CT molecular complexity index is 389. The van der Waals surface area contributed by atoms with Crippen LogP contribution in [0.2, 0.25) is 0 Å². The fraction of sp³-hybridized carbons (Fsp3) is 0.571. The maximum Gasteiger partial charge on any atom is 0.127 e. The summed E-state index contributed by atoms with van der Waals surface area (Å²) in [6, 6.07) is 4.05. The van der Waals surface area contributed by atoms with Gasteiger partial charge in [-0.3, -0.25) is 0 Å². The lowest BCUT2D eigenvalue weighted by molar-refractivity contribution is -0.0117. The third-order valence-corrected chi connectivity index (χ3v) is 3.28. The van der Waals surface area contributed by atoms with Crippen LogP contribution < -0.4 is 10.5 Å². The van der Waals surface area contributed by atoms with Crippen molar-refractivity contribution in [2.75, 3.05) is 6.61 Å². The molecular weight excluding hydrogens is 233 g/mol. The van der Waals surface area contributed by atoms with Gasteiger partial charge in [-0.1, -0.05) is 19.9 Å². The van der Waals surface area contributed by atoms with Gasteiger partial charge in [-0.2, -0.15) is 0 Å². The van der Waals surface area contributed by atoms with Crippen molar-refractivity contribution in [3.63, 3.8) is 0 Å². The van der Waals surface area contributed by atoms with Crippen LogP contribution in [0.25, 0.3) is 0 Å². The minimum absolute atomic E-state index is 0.142. The quantitative estimate of drug-likeness (QED) is 0.821. The van der Waals surface area contributed by atoms with Crippen molar-refractivity contribution in [3.8, 4) is 5.75 Å². The fourth-order valence-corrected chi connectivity index (χ4v) is 1.68. The molecule has 3 nitrogen and oxygen atoms in total. The minimum atomic E-state index is -0.874. The molecule has 0 bridgehead atoms. The van der Waals surface area contributed by atoms with E-state index in [1.54, 1.807) is 6.07 Å². The van der Waals surface area contributed by atoms with E-state index in [4.69, 9.17) is 10.5 Å². The predicted molar refractivity (Wildman–Crippen MR) is 70.0 cm³/mol. The van der Waals surface area contributed by atoms with Crippen molar-refractivity contribution in [1.82, 2.24) is 0 Å². The smallest absolute Gasteiger partial charge is 0.127 e. The number of hydrogen-bond acceptors (Lipinski definition) is 3. The van der Waals surface area contributed by atoms with Crippen molar-refractivity contribution >= 4 is 0 Å². The molecular formula is C14H22FNO2. The molecule has 1 atom stereocenters. The largest absolute Gasteiger partial charge is 0.490 e. The Morgan fingerprint density at radius 3 is 2.50 bits per heavy atom. The van der Waals surface area contributed by atoms with Gasteiger partial charge in [0.05, 0.1) is 5.60 Å². The molecule has 1 rings (SSSR count). The van der Waals surface area contributed by atoms with Crippen LogP contribution in [0.15, 0.2) is 18.2 Å². The van der Waals surface area contributed by atoms with Crippen molar-refractivity contribution in [1.29, 1.82) is 0 Å². The second-order valence-electron chi connectivity index (χ2n) is 4.69. The van der Waals surface area contributed by atoms with Crippen molar-refractivity contribution in [3.05, 3.63) is 29.6 Å². The number of ether oxygens (including phenoxy) is 1. The molecule has 0 aromatic heterocycles. The molecule has 0 aliphatic carbocycles. The third-order valence-electron chi connectivity index (χ3n) is 3.28. The summed E-state index contributed by atoms with van der Waals surface area (Å²) in [6.07, 6.45) is 1.18. The Morgan fingerprint density at radius 1 is 1.39 bits per heavy atom. The van der Waals surface area contributed by atoms with E-state index < -0.39 is 5.60 Å². The highest BCUT2D eigenvalue weighted by Gasteiger charge is 2.24. The molecule has 1 aromatic carbocycles. The predicted octanol–water partition coefficient (Wildman–Crippen LogP) is 2.78. The van der Waals surface area contributed by atoms with E-state index in [1.807, 2.05) is 20.8 Å². The molecule has 0 heterocycles. The Morgan fingerprint density at radius 2 is 2.00 bits per heavy atom. The number of rotatable bonds is 6. The summed E-state index contributed by atoms with van der Waals surface area (Å²) in [7, 11) is 0. The Hall–Kier alpha value is -1.13. The Kier molecular flexibility index (Phi) is 5.11. The van der Waals surface area contributed by atoms with E-state index >= 15 is 0 Å². The maximum atomic E-state index is 13.2. The lowest BCUT2D eigenvalue weighted by Gasteiger charge is -2.26. The standard InChI is InChI=1S/C14H22FNO2/c1-4-14(17,5-2)9-18-13-8-11(15)6-7-12(13)10(3)16/h6-8,10,17H,4-5,9,16H2,1-3H3/t10-/m1/s1. The molecule has 0 aliphatic heterocycles. The zero-order valence-corrected chi connectivity index (χ0v) is 11.2. The van der Waals surface area contributed by atoms with Crippen LogP contribution in [0, 0.1) is 5.82 Å². The lowest BCUT2D eigenvalue weighted by atomic mass is 9.99. The zero-order chi connectivity index (χ0) is 13.8. The van der Waals surface area contributed by atoms with Gasteiger partial charge < -0.3 is 15.6 Å². The summed E-state index contributed by atoms with van der Waals surface area (Å²) >= 11 is 0. The van der Waals surface area contributed by atoms with Crippen LogP contribution in [-0.2, 0) is 0 Å². The first kappa shape index (κ1) is 14.9. The van der Waals surface area contributed by atoms with Crippen molar-refractivity contribution in [2.45, 2.75) is 45.3 Å². The first-order chi connectivity index (χ1) is 8.41.